The number of Topliss-reactive ketones (excluding diaryl/α,β-unsaturated/α-hetero) is 1. The fourth-order valence-corrected chi connectivity index (χ4v) is 7.85. The van der Waals surface area contributed by atoms with Crippen LogP contribution in [0.25, 0.3) is 0 Å². The minimum Gasteiger partial charge on any atom is -0.378 e. The fourth-order valence-electron chi connectivity index (χ4n) is 5.85. The maximum absolute atomic E-state index is 12.9. The SMILES string of the molecule is NC1CCC(CCOC2CCC3C(=O)C4CCCCC4SC3C2)C(N)C1. The highest BCUT2D eigenvalue weighted by molar-refractivity contribution is 8.00. The predicted molar refractivity (Wildman–Crippen MR) is 107 cm³/mol. The summed E-state index contributed by atoms with van der Waals surface area (Å²) in [7, 11) is 0. The van der Waals surface area contributed by atoms with Gasteiger partial charge in [-0.2, -0.15) is 11.8 Å². The molecule has 0 aromatic carbocycles. The van der Waals surface area contributed by atoms with Gasteiger partial charge < -0.3 is 16.2 Å². The van der Waals surface area contributed by atoms with Crippen molar-refractivity contribution in [1.29, 1.82) is 0 Å². The Morgan fingerprint density at radius 3 is 2.58 bits per heavy atom. The molecule has 4 N–H and O–H groups in total. The van der Waals surface area contributed by atoms with E-state index in [4.69, 9.17) is 16.2 Å². The Morgan fingerprint density at radius 2 is 1.73 bits per heavy atom. The number of rotatable bonds is 4. The molecule has 8 atom stereocenters. The van der Waals surface area contributed by atoms with Gasteiger partial charge in [0.05, 0.1) is 6.10 Å². The second-order valence-electron chi connectivity index (χ2n) is 9.20. The van der Waals surface area contributed by atoms with Crippen molar-refractivity contribution in [3.05, 3.63) is 0 Å². The summed E-state index contributed by atoms with van der Waals surface area (Å²) in [6.07, 6.45) is 12.8. The Hall–Kier alpha value is -0.100. The topological polar surface area (TPSA) is 78.3 Å². The van der Waals surface area contributed by atoms with Crippen molar-refractivity contribution in [2.75, 3.05) is 6.61 Å². The molecule has 0 amide bonds. The van der Waals surface area contributed by atoms with Gasteiger partial charge in [-0.15, -0.1) is 0 Å². The number of fused-ring (bicyclic) bond motifs is 2. The minimum absolute atomic E-state index is 0.243. The van der Waals surface area contributed by atoms with E-state index >= 15 is 0 Å². The van der Waals surface area contributed by atoms with E-state index < -0.39 is 0 Å². The summed E-state index contributed by atoms with van der Waals surface area (Å²) < 4.78 is 6.27. The molecule has 8 unspecified atom stereocenters. The standard InChI is InChI=1S/C21H36N2O2S/c22-14-6-5-13(18(23)11-14)9-10-25-15-7-8-17-20(12-15)26-19-4-2-1-3-16(19)21(17)24/h13-20H,1-12,22-23H2. The van der Waals surface area contributed by atoms with E-state index in [1.54, 1.807) is 0 Å². The van der Waals surface area contributed by atoms with Crippen LogP contribution in [0, 0.1) is 17.8 Å². The maximum Gasteiger partial charge on any atom is 0.141 e. The Balaban J connectivity index is 1.24. The first kappa shape index (κ1) is 19.2. The first-order chi connectivity index (χ1) is 12.6. The van der Waals surface area contributed by atoms with Crippen LogP contribution in [0.3, 0.4) is 0 Å². The Bertz CT molecular complexity index is 502. The van der Waals surface area contributed by atoms with Crippen LogP contribution in [0.5, 0.6) is 0 Å². The molecule has 0 radical (unpaired) electrons. The third kappa shape index (κ3) is 4.16. The molecule has 4 aliphatic rings. The molecule has 1 aliphatic heterocycles. The summed E-state index contributed by atoms with van der Waals surface area (Å²) in [6, 6.07) is 0.537. The van der Waals surface area contributed by atoms with Crippen LogP contribution in [0.1, 0.15) is 70.6 Å². The highest BCUT2D eigenvalue weighted by Crippen LogP contribution is 2.49. The van der Waals surface area contributed by atoms with E-state index in [-0.39, 0.29) is 6.04 Å². The number of ether oxygens (including phenoxy) is 1. The van der Waals surface area contributed by atoms with Crippen LogP contribution in [-0.4, -0.2) is 41.1 Å². The van der Waals surface area contributed by atoms with E-state index in [0.717, 1.165) is 58.0 Å². The summed E-state index contributed by atoms with van der Waals surface area (Å²) in [4.78, 5) is 12.9. The number of nitrogens with two attached hydrogens (primary N) is 2. The van der Waals surface area contributed by atoms with Crippen molar-refractivity contribution in [2.45, 2.75) is 99.3 Å². The van der Waals surface area contributed by atoms with Crippen molar-refractivity contribution >= 4 is 17.5 Å². The summed E-state index contributed by atoms with van der Waals surface area (Å²) in [5.74, 6) is 1.85. The fraction of sp³-hybridized carbons (Fsp3) is 0.952. The highest BCUT2D eigenvalue weighted by atomic mass is 32.2. The molecule has 3 saturated carbocycles. The number of hydrogen-bond acceptors (Lipinski definition) is 5. The average molecular weight is 381 g/mol. The van der Waals surface area contributed by atoms with Crippen molar-refractivity contribution in [3.8, 4) is 0 Å². The van der Waals surface area contributed by atoms with Crippen LogP contribution >= 0.6 is 11.8 Å². The van der Waals surface area contributed by atoms with E-state index in [2.05, 4.69) is 11.8 Å². The molecule has 148 valence electrons. The van der Waals surface area contributed by atoms with E-state index in [1.165, 1.54) is 19.3 Å². The smallest absolute Gasteiger partial charge is 0.141 e. The van der Waals surface area contributed by atoms with Crippen LogP contribution in [0.4, 0.5) is 0 Å². The summed E-state index contributed by atoms with van der Waals surface area (Å²) >= 11 is 2.13. The van der Waals surface area contributed by atoms with Gasteiger partial charge in [0.15, 0.2) is 0 Å². The third-order valence-corrected chi connectivity index (χ3v) is 9.24. The lowest BCUT2D eigenvalue weighted by molar-refractivity contribution is -0.130. The van der Waals surface area contributed by atoms with Crippen molar-refractivity contribution < 1.29 is 9.53 Å². The second-order valence-corrected chi connectivity index (χ2v) is 10.7. The highest BCUT2D eigenvalue weighted by Gasteiger charge is 2.47. The first-order valence-electron chi connectivity index (χ1n) is 10.9. The molecule has 4 rings (SSSR count). The average Bonchev–Trinajstić information content (AvgIpc) is 2.63. The summed E-state index contributed by atoms with van der Waals surface area (Å²) in [5, 5.41) is 1.11. The number of hydrogen-bond donors (Lipinski definition) is 2. The van der Waals surface area contributed by atoms with E-state index in [1.807, 2.05) is 0 Å². The molecule has 1 heterocycles. The Labute approximate surface area is 162 Å². The van der Waals surface area contributed by atoms with Gasteiger partial charge in [-0.3, -0.25) is 4.79 Å². The first-order valence-corrected chi connectivity index (χ1v) is 11.9. The lowest BCUT2D eigenvalue weighted by Crippen LogP contribution is -2.47. The zero-order chi connectivity index (χ0) is 18.1. The van der Waals surface area contributed by atoms with Gasteiger partial charge in [-0.05, 0) is 63.7 Å². The Kier molecular flexibility index (Phi) is 6.29. The number of carbonyl (C=O) groups excluding carboxylic acids is 1. The maximum atomic E-state index is 12.9. The summed E-state index contributed by atoms with van der Waals surface area (Å²) in [6.45, 7) is 0.820. The van der Waals surface area contributed by atoms with E-state index in [0.29, 0.717) is 46.2 Å². The third-order valence-electron chi connectivity index (χ3n) is 7.46. The zero-order valence-electron chi connectivity index (χ0n) is 16.0. The van der Waals surface area contributed by atoms with Crippen molar-refractivity contribution in [3.63, 3.8) is 0 Å². The van der Waals surface area contributed by atoms with Gasteiger partial charge in [-0.25, -0.2) is 0 Å². The second kappa shape index (κ2) is 8.50. The quantitative estimate of drug-likeness (QED) is 0.783. The largest absolute Gasteiger partial charge is 0.378 e. The van der Waals surface area contributed by atoms with Crippen LogP contribution in [-0.2, 0) is 9.53 Å². The van der Waals surface area contributed by atoms with Gasteiger partial charge >= 0.3 is 0 Å². The van der Waals surface area contributed by atoms with Gasteiger partial charge in [0.1, 0.15) is 5.78 Å². The minimum atomic E-state index is 0.243. The lowest BCUT2D eigenvalue weighted by atomic mass is 9.74. The van der Waals surface area contributed by atoms with Gasteiger partial charge in [0.25, 0.3) is 0 Å². The van der Waals surface area contributed by atoms with Gasteiger partial charge in [-0.1, -0.05) is 12.8 Å². The molecule has 1 saturated heterocycles. The van der Waals surface area contributed by atoms with Crippen LogP contribution in [0.2, 0.25) is 0 Å². The van der Waals surface area contributed by atoms with E-state index in [9.17, 15) is 4.79 Å². The van der Waals surface area contributed by atoms with Crippen LogP contribution in [0.15, 0.2) is 0 Å². The van der Waals surface area contributed by atoms with Crippen molar-refractivity contribution in [2.24, 2.45) is 29.2 Å². The van der Waals surface area contributed by atoms with Gasteiger partial charge in [0.2, 0.25) is 0 Å². The predicted octanol–water partition coefficient (Wildman–Crippen LogP) is 3.26. The molecule has 0 bridgehead atoms. The van der Waals surface area contributed by atoms with Crippen molar-refractivity contribution in [1.82, 2.24) is 0 Å². The number of carbonyl (C=O) groups is 1. The zero-order valence-corrected chi connectivity index (χ0v) is 16.8. The molecular formula is C21H36N2O2S. The van der Waals surface area contributed by atoms with Crippen LogP contribution < -0.4 is 11.5 Å². The molecular weight excluding hydrogens is 344 g/mol. The molecule has 0 spiro atoms. The molecule has 3 aliphatic carbocycles. The molecule has 0 aromatic rings. The summed E-state index contributed by atoms with van der Waals surface area (Å²) in [5.41, 5.74) is 12.3. The molecule has 5 heteroatoms. The molecule has 4 nitrogen and oxygen atoms in total. The molecule has 26 heavy (non-hydrogen) atoms. The normalized spacial score (nSPS) is 46.5. The molecule has 0 aromatic heterocycles. The van der Waals surface area contributed by atoms with Gasteiger partial charge in [0, 0.05) is 41.0 Å². The number of thioether (sulfide) groups is 1. The Morgan fingerprint density at radius 1 is 0.923 bits per heavy atom. The monoisotopic (exact) mass is 380 g/mol. The lowest BCUT2D eigenvalue weighted by Gasteiger charge is -2.45. The molecule has 4 fully saturated rings. The number of ketones is 1.